The number of anilines is 2. The number of benzene rings is 1. The topological polar surface area (TPSA) is 96.3 Å². The molecule has 1 N–H and O–H groups in total. The quantitative estimate of drug-likeness (QED) is 0.870. The maximum absolute atomic E-state index is 11.5. The molecule has 2 aromatic rings. The summed E-state index contributed by atoms with van der Waals surface area (Å²) in [5.41, 5.74) is -0.0443. The largest absolute Gasteiger partial charge is 0.365 e. The average Bonchev–Trinajstić information content (AvgIpc) is 2.35. The van der Waals surface area contributed by atoms with Gasteiger partial charge in [0.2, 0.25) is 0 Å². The highest BCUT2D eigenvalue weighted by molar-refractivity contribution is 7.87. The Morgan fingerprint density at radius 2 is 1.95 bits per heavy atom. The van der Waals surface area contributed by atoms with Crippen LogP contribution in [0.4, 0.5) is 11.5 Å². The molecule has 0 atom stereocenters. The molecule has 10 heteroatoms. The molecule has 7 nitrogen and oxygen atoms in total. The number of aromatic nitrogens is 3. The van der Waals surface area contributed by atoms with Crippen molar-refractivity contribution in [3.63, 3.8) is 0 Å². The Morgan fingerprint density at radius 3 is 2.53 bits per heavy atom. The first-order valence-electron chi connectivity index (χ1n) is 4.77. The third-order valence-corrected chi connectivity index (χ3v) is 3.73. The molecule has 19 heavy (non-hydrogen) atoms. The van der Waals surface area contributed by atoms with Crippen molar-refractivity contribution in [3.8, 4) is 0 Å². The fraction of sp³-hybridized carbons (Fsp3) is 0. The van der Waals surface area contributed by atoms with Gasteiger partial charge in [-0.1, -0.05) is 29.3 Å². The van der Waals surface area contributed by atoms with Gasteiger partial charge >= 0.3 is 10.3 Å². The van der Waals surface area contributed by atoms with Crippen LogP contribution in [-0.4, -0.2) is 28.4 Å². The van der Waals surface area contributed by atoms with E-state index in [9.17, 15) is 13.0 Å². The molecule has 0 saturated heterocycles. The van der Waals surface area contributed by atoms with Crippen LogP contribution in [0.25, 0.3) is 0 Å². The molecular formula is C9H6Cl2N4O3S. The van der Waals surface area contributed by atoms with E-state index in [1.54, 1.807) is 0 Å². The van der Waals surface area contributed by atoms with Gasteiger partial charge in [0.05, 0.1) is 21.9 Å². The van der Waals surface area contributed by atoms with Gasteiger partial charge in [-0.05, 0) is 17.3 Å². The van der Waals surface area contributed by atoms with Crippen molar-refractivity contribution in [1.82, 2.24) is 15.4 Å². The van der Waals surface area contributed by atoms with Crippen LogP contribution in [0, 0.1) is 0 Å². The monoisotopic (exact) mass is 320 g/mol. The predicted molar refractivity (Wildman–Crippen MR) is 70.0 cm³/mol. The lowest BCUT2D eigenvalue weighted by atomic mass is 10.3. The second-order valence-electron chi connectivity index (χ2n) is 3.29. The highest BCUT2D eigenvalue weighted by atomic mass is 35.5. The molecule has 0 aliphatic heterocycles. The third-order valence-electron chi connectivity index (χ3n) is 2.08. The van der Waals surface area contributed by atoms with E-state index in [0.29, 0.717) is 4.31 Å². The van der Waals surface area contributed by atoms with Gasteiger partial charge in [0.25, 0.3) is 0 Å². The highest BCUT2D eigenvalue weighted by Crippen LogP contribution is 2.36. The second-order valence-corrected chi connectivity index (χ2v) is 5.34. The van der Waals surface area contributed by atoms with Gasteiger partial charge in [-0.25, -0.2) is 0 Å². The van der Waals surface area contributed by atoms with Gasteiger partial charge in [-0.2, -0.15) is 12.7 Å². The standard InChI is InChI=1S/C9H6Cl2N4O3S/c10-6-2-1-3-7(9(6)11)15(19(16,17)18)8-4-5-12-14-13-8/h1-5H,(H,16,17,18). The zero-order chi connectivity index (χ0) is 14.0. The Bertz CT molecular complexity index is 696. The van der Waals surface area contributed by atoms with Gasteiger partial charge in [0.15, 0.2) is 5.82 Å². The Balaban J connectivity index is 2.67. The molecular weight excluding hydrogens is 315 g/mol. The van der Waals surface area contributed by atoms with Crippen molar-refractivity contribution in [2.45, 2.75) is 0 Å². The summed E-state index contributed by atoms with van der Waals surface area (Å²) in [5, 5.41) is 10.3. The minimum Gasteiger partial charge on any atom is -0.269 e. The first-order valence-corrected chi connectivity index (χ1v) is 6.92. The summed E-state index contributed by atoms with van der Waals surface area (Å²) in [6, 6.07) is 5.58. The highest BCUT2D eigenvalue weighted by Gasteiger charge is 2.26. The van der Waals surface area contributed by atoms with Gasteiger partial charge in [-0.15, -0.1) is 10.2 Å². The molecule has 0 aliphatic carbocycles. The van der Waals surface area contributed by atoms with Crippen LogP contribution in [0.1, 0.15) is 0 Å². The Morgan fingerprint density at radius 1 is 1.21 bits per heavy atom. The summed E-state index contributed by atoms with van der Waals surface area (Å²) in [5.74, 6) is -0.165. The van der Waals surface area contributed by atoms with Gasteiger partial charge in [0, 0.05) is 6.07 Å². The van der Waals surface area contributed by atoms with E-state index < -0.39 is 10.3 Å². The smallest absolute Gasteiger partial charge is 0.269 e. The molecule has 0 fully saturated rings. The van der Waals surface area contributed by atoms with Crippen molar-refractivity contribution in [2.75, 3.05) is 4.31 Å². The third kappa shape index (κ3) is 2.92. The zero-order valence-electron chi connectivity index (χ0n) is 9.10. The van der Waals surface area contributed by atoms with E-state index in [-0.39, 0.29) is 21.6 Å². The summed E-state index contributed by atoms with van der Waals surface area (Å²) in [4.78, 5) is 0. The molecule has 0 unspecified atom stereocenters. The van der Waals surface area contributed by atoms with Crippen LogP contribution < -0.4 is 4.31 Å². The molecule has 2 rings (SSSR count). The van der Waals surface area contributed by atoms with Crippen LogP contribution in [0.5, 0.6) is 0 Å². The molecule has 0 bridgehead atoms. The van der Waals surface area contributed by atoms with E-state index >= 15 is 0 Å². The Kier molecular flexibility index (Phi) is 3.85. The predicted octanol–water partition coefficient (Wildman–Crippen LogP) is 2.12. The molecule has 0 saturated carbocycles. The maximum Gasteiger partial charge on any atom is 0.365 e. The van der Waals surface area contributed by atoms with E-state index in [4.69, 9.17) is 23.2 Å². The second kappa shape index (κ2) is 5.25. The lowest BCUT2D eigenvalue weighted by Crippen LogP contribution is -2.26. The molecule has 0 radical (unpaired) electrons. The van der Waals surface area contributed by atoms with Crippen LogP contribution >= 0.6 is 23.2 Å². The van der Waals surface area contributed by atoms with Gasteiger partial charge in [0.1, 0.15) is 0 Å². The first-order chi connectivity index (χ1) is 8.91. The van der Waals surface area contributed by atoms with Crippen molar-refractivity contribution in [3.05, 3.63) is 40.5 Å². The number of hydrogen-bond acceptors (Lipinski definition) is 5. The Hall–Kier alpha value is -1.48. The Labute approximate surface area is 118 Å². The minimum absolute atomic E-state index is 0.0413. The van der Waals surface area contributed by atoms with Crippen LogP contribution in [0.3, 0.4) is 0 Å². The SMILES string of the molecule is O=S(=O)(O)N(c1ccnnn1)c1cccc(Cl)c1Cl. The molecule has 0 amide bonds. The summed E-state index contributed by atoms with van der Waals surface area (Å²) >= 11 is 11.7. The van der Waals surface area contributed by atoms with Crippen molar-refractivity contribution in [1.29, 1.82) is 0 Å². The molecule has 100 valence electrons. The molecule has 1 aromatic heterocycles. The summed E-state index contributed by atoms with van der Waals surface area (Å²) in [6.45, 7) is 0. The van der Waals surface area contributed by atoms with Gasteiger partial charge in [-0.3, -0.25) is 4.55 Å². The summed E-state index contributed by atoms with van der Waals surface area (Å²) in [7, 11) is -4.65. The minimum atomic E-state index is -4.65. The average molecular weight is 321 g/mol. The van der Waals surface area contributed by atoms with Crippen LogP contribution in [0.15, 0.2) is 30.5 Å². The molecule has 1 heterocycles. The lowest BCUT2D eigenvalue weighted by molar-refractivity contribution is 0.483. The van der Waals surface area contributed by atoms with Crippen molar-refractivity contribution in [2.24, 2.45) is 0 Å². The fourth-order valence-electron chi connectivity index (χ4n) is 1.36. The van der Waals surface area contributed by atoms with E-state index in [0.717, 1.165) is 0 Å². The molecule has 0 aliphatic rings. The first kappa shape index (κ1) is 13.9. The van der Waals surface area contributed by atoms with E-state index in [1.165, 1.54) is 30.5 Å². The van der Waals surface area contributed by atoms with E-state index in [1.807, 2.05) is 0 Å². The van der Waals surface area contributed by atoms with Crippen molar-refractivity contribution < 1.29 is 13.0 Å². The van der Waals surface area contributed by atoms with Crippen LogP contribution in [0.2, 0.25) is 10.0 Å². The molecule has 0 spiro atoms. The molecule has 1 aromatic carbocycles. The number of halogens is 2. The normalized spacial score (nSPS) is 11.3. The number of nitrogens with zero attached hydrogens (tertiary/aromatic N) is 4. The lowest BCUT2D eigenvalue weighted by Gasteiger charge is -2.20. The number of rotatable bonds is 3. The summed E-state index contributed by atoms with van der Waals surface area (Å²) < 4.78 is 32.8. The summed E-state index contributed by atoms with van der Waals surface area (Å²) in [6.07, 6.45) is 1.22. The van der Waals surface area contributed by atoms with E-state index in [2.05, 4.69) is 15.4 Å². The van der Waals surface area contributed by atoms with Crippen LogP contribution in [-0.2, 0) is 10.3 Å². The fourth-order valence-corrected chi connectivity index (χ4v) is 2.52. The zero-order valence-corrected chi connectivity index (χ0v) is 11.4. The van der Waals surface area contributed by atoms with Crippen molar-refractivity contribution >= 4 is 45.0 Å². The van der Waals surface area contributed by atoms with Gasteiger partial charge < -0.3 is 0 Å². The number of hydrogen-bond donors (Lipinski definition) is 1. The maximum atomic E-state index is 11.5.